The quantitative estimate of drug-likeness (QED) is 0.385. The highest BCUT2D eigenvalue weighted by Gasteiger charge is 0.940. The van der Waals surface area contributed by atoms with Gasteiger partial charge in [-0.15, -0.1) is 26.3 Å². The lowest BCUT2D eigenvalue weighted by atomic mass is 11.0. The van der Waals surface area contributed by atoms with Crippen LogP contribution in [0.15, 0.2) is 26.3 Å². The standard InChI is InChI=1S/5C2H6.2C2H4/c7*1-2/h5*1-2H3;2*1-2H2. The van der Waals surface area contributed by atoms with Crippen LogP contribution < -0.4 is 0 Å². The Morgan fingerprint density at radius 3 is 0.286 bits per heavy atom. The van der Waals surface area contributed by atoms with Gasteiger partial charge in [-0.05, 0) is 0 Å². The Kier molecular flexibility index (Phi) is 21700. The minimum atomic E-state index is 2.00. The Morgan fingerprint density at radius 1 is 0.286 bits per heavy atom. The molecule has 0 aromatic carbocycles. The molecule has 0 N–H and O–H groups in total. The zero-order chi connectivity index (χ0) is 14.0. The molecule has 0 heterocycles. The van der Waals surface area contributed by atoms with Crippen LogP contribution in [0, 0.1) is 0 Å². The van der Waals surface area contributed by atoms with Crippen LogP contribution >= 0.6 is 0 Å². The molecule has 0 spiro atoms. The largest absolute Gasteiger partial charge is 0.106 e. The van der Waals surface area contributed by atoms with Gasteiger partial charge in [0, 0.05) is 0 Å². The SMILES string of the molecule is C=C.C=C.CC.CC.CC.CC.CC. The molecular weight excluding hydrogens is 168 g/mol. The minimum Gasteiger partial charge on any atom is -0.106 e. The van der Waals surface area contributed by atoms with E-state index in [1.54, 1.807) is 0 Å². The molecule has 0 aliphatic heterocycles. The van der Waals surface area contributed by atoms with Crippen molar-refractivity contribution in [2.75, 3.05) is 0 Å². The van der Waals surface area contributed by atoms with Crippen molar-refractivity contribution in [2.24, 2.45) is 0 Å². The first-order chi connectivity index (χ1) is 7.00. The van der Waals surface area contributed by atoms with Crippen LogP contribution in [0.2, 0.25) is 0 Å². The minimum absolute atomic E-state index is 2.00. The Hall–Kier alpha value is -0.520. The third-order valence-corrected chi connectivity index (χ3v) is 0. The van der Waals surface area contributed by atoms with Crippen LogP contribution in [0.25, 0.3) is 0 Å². The molecule has 0 amide bonds. The maximum atomic E-state index is 3.00. The highest BCUT2D eigenvalue weighted by molar-refractivity contribution is 4.22. The molecule has 0 nitrogen and oxygen atoms in total. The number of rotatable bonds is 0. The molecule has 94 valence electrons. The van der Waals surface area contributed by atoms with Gasteiger partial charge < -0.3 is 0 Å². The Labute approximate surface area is 96.1 Å². The van der Waals surface area contributed by atoms with Gasteiger partial charge in [-0.2, -0.15) is 0 Å². The fourth-order valence-corrected chi connectivity index (χ4v) is 0. The van der Waals surface area contributed by atoms with E-state index in [2.05, 4.69) is 26.3 Å². The summed E-state index contributed by atoms with van der Waals surface area (Å²) >= 11 is 0. The highest BCUT2D eigenvalue weighted by atomic mass is 13.0. The Balaban J connectivity index is -0.00000000817. The van der Waals surface area contributed by atoms with Gasteiger partial charge in [0.1, 0.15) is 0 Å². The summed E-state index contributed by atoms with van der Waals surface area (Å²) in [5, 5.41) is 0. The second-order valence-electron chi connectivity index (χ2n) is 0. The summed E-state index contributed by atoms with van der Waals surface area (Å²) in [7, 11) is 0. The second kappa shape index (κ2) is 6080. The molecule has 0 aliphatic rings. The van der Waals surface area contributed by atoms with Gasteiger partial charge >= 0.3 is 0 Å². The van der Waals surface area contributed by atoms with E-state index < -0.39 is 0 Å². The molecule has 0 saturated heterocycles. The zero-order valence-corrected chi connectivity index (χ0v) is 12.8. The third-order valence-electron chi connectivity index (χ3n) is 0. The van der Waals surface area contributed by atoms with Gasteiger partial charge in [0.15, 0.2) is 0 Å². The van der Waals surface area contributed by atoms with Gasteiger partial charge in [-0.25, -0.2) is 0 Å². The van der Waals surface area contributed by atoms with Crippen LogP contribution in [0.1, 0.15) is 69.2 Å². The van der Waals surface area contributed by atoms with Gasteiger partial charge in [0.25, 0.3) is 0 Å². The summed E-state index contributed by atoms with van der Waals surface area (Å²) in [5.74, 6) is 0. The van der Waals surface area contributed by atoms with E-state index in [9.17, 15) is 0 Å². The molecule has 0 atom stereocenters. The van der Waals surface area contributed by atoms with Crippen molar-refractivity contribution < 1.29 is 0 Å². The second-order valence-corrected chi connectivity index (χ2v) is 0. The lowest BCUT2D eigenvalue weighted by Crippen LogP contribution is -0.856. The summed E-state index contributed by atoms with van der Waals surface area (Å²) in [6.45, 7) is 32.0. The maximum absolute atomic E-state index is 3.00. The first-order valence-electron chi connectivity index (χ1n) is 6.00. The Bertz CT molecular complexity index is 2.00. The molecule has 0 rings (SSSR count). The highest BCUT2D eigenvalue weighted by Crippen LogP contribution is 1.15. The van der Waals surface area contributed by atoms with Crippen molar-refractivity contribution >= 4 is 0 Å². The van der Waals surface area contributed by atoms with Crippen LogP contribution in [0.5, 0.6) is 0 Å². The molecule has 0 radical (unpaired) electrons. The number of hydrogen-bond donors (Lipinski definition) is 0. The number of hydrogen-bond acceptors (Lipinski definition) is 0. The monoisotopic (exact) mass is 206 g/mol. The van der Waals surface area contributed by atoms with E-state index >= 15 is 0 Å². The van der Waals surface area contributed by atoms with Crippen LogP contribution in [-0.2, 0) is 0 Å². The van der Waals surface area contributed by atoms with E-state index in [1.807, 2.05) is 69.2 Å². The van der Waals surface area contributed by atoms with Crippen molar-refractivity contribution in [3.8, 4) is 0 Å². The molecule has 0 unspecified atom stereocenters. The fraction of sp³-hybridized carbons (Fsp3) is 0.714. The van der Waals surface area contributed by atoms with Crippen molar-refractivity contribution in [3.63, 3.8) is 0 Å². The fourth-order valence-electron chi connectivity index (χ4n) is 0. The van der Waals surface area contributed by atoms with Gasteiger partial charge in [-0.1, -0.05) is 69.2 Å². The average molecular weight is 206 g/mol. The predicted molar refractivity (Wildman–Crippen MR) is 79.2 cm³/mol. The van der Waals surface area contributed by atoms with Crippen LogP contribution in [0.3, 0.4) is 0 Å². The average Bonchev–Trinajstić information content (AvgIpc) is 2.45. The first kappa shape index (κ1) is 50.0. The molecule has 0 heteroatoms. The van der Waals surface area contributed by atoms with Crippen LogP contribution in [-0.4, -0.2) is 0 Å². The summed E-state index contributed by atoms with van der Waals surface area (Å²) in [6.07, 6.45) is 0. The van der Waals surface area contributed by atoms with E-state index in [-0.39, 0.29) is 0 Å². The van der Waals surface area contributed by atoms with E-state index in [0.29, 0.717) is 0 Å². The normalized spacial score (nSPS) is 2.71. The molecule has 0 bridgehead atoms. The zero-order valence-electron chi connectivity index (χ0n) is 12.8. The Morgan fingerprint density at radius 2 is 0.286 bits per heavy atom. The lowest BCUT2D eigenvalue weighted by Gasteiger charge is -1.07. The topological polar surface area (TPSA) is 0 Å². The molecule has 0 saturated carbocycles. The van der Waals surface area contributed by atoms with Crippen molar-refractivity contribution in [3.05, 3.63) is 26.3 Å². The van der Waals surface area contributed by atoms with Crippen molar-refractivity contribution in [1.29, 1.82) is 0 Å². The van der Waals surface area contributed by atoms with E-state index in [1.165, 1.54) is 0 Å². The lowest BCUT2D eigenvalue weighted by molar-refractivity contribution is 1.50. The van der Waals surface area contributed by atoms with E-state index in [4.69, 9.17) is 0 Å². The molecule has 0 fully saturated rings. The van der Waals surface area contributed by atoms with Crippen LogP contribution in [0.4, 0.5) is 0 Å². The van der Waals surface area contributed by atoms with Crippen molar-refractivity contribution in [1.82, 2.24) is 0 Å². The first-order valence-corrected chi connectivity index (χ1v) is 6.00. The van der Waals surface area contributed by atoms with Gasteiger partial charge in [0.05, 0.1) is 0 Å². The molecule has 14 heavy (non-hydrogen) atoms. The third kappa shape index (κ3) is 4660. The van der Waals surface area contributed by atoms with Gasteiger partial charge in [0.2, 0.25) is 0 Å². The maximum Gasteiger partial charge on any atom is -0.0683 e. The van der Waals surface area contributed by atoms with E-state index in [0.717, 1.165) is 0 Å². The molecule has 0 aliphatic carbocycles. The van der Waals surface area contributed by atoms with Gasteiger partial charge in [-0.3, -0.25) is 0 Å². The summed E-state index contributed by atoms with van der Waals surface area (Å²) in [6, 6.07) is 0. The smallest absolute Gasteiger partial charge is 0.0683 e. The molecular formula is C14H38. The predicted octanol–water partition coefficient (Wildman–Crippen LogP) is 6.74. The summed E-state index contributed by atoms with van der Waals surface area (Å²) in [4.78, 5) is 0. The summed E-state index contributed by atoms with van der Waals surface area (Å²) < 4.78 is 0. The summed E-state index contributed by atoms with van der Waals surface area (Å²) in [5.41, 5.74) is 0. The molecule has 0 aromatic rings. The molecule has 0 aromatic heterocycles. The van der Waals surface area contributed by atoms with Crippen molar-refractivity contribution in [2.45, 2.75) is 69.2 Å².